The summed E-state index contributed by atoms with van der Waals surface area (Å²) in [5.41, 5.74) is 0. The van der Waals surface area contributed by atoms with Gasteiger partial charge in [0.15, 0.2) is 0 Å². The van der Waals surface area contributed by atoms with Crippen molar-refractivity contribution >= 4 is 37.1 Å². The van der Waals surface area contributed by atoms with Gasteiger partial charge in [-0.1, -0.05) is 152 Å². The first-order valence-electron chi connectivity index (χ1n) is 16.3. The smallest absolute Gasteiger partial charge is 0.222 e. The molecule has 0 saturated carbocycles. The number of benzene rings is 4. The molecule has 1 aliphatic carbocycles. The maximum atomic E-state index is 8.49. The van der Waals surface area contributed by atoms with Crippen LogP contribution in [0.1, 0.15) is 44.9 Å². The molecule has 0 unspecified atom stereocenters. The molecular formula is C37H42Cl3O12P2Rh. The molecule has 0 aromatic heterocycles. The first kappa shape index (κ1) is 53.2. The third kappa shape index (κ3) is 34.0. The van der Waals surface area contributed by atoms with Crippen LogP contribution in [-0.2, 0) is 19.5 Å². The summed E-state index contributed by atoms with van der Waals surface area (Å²) >= 11 is 0. The normalized spacial score (nSPS) is 13.6. The zero-order chi connectivity index (χ0) is 40.3. The molecule has 12 nitrogen and oxygen atoms in total. The Morgan fingerprint density at radius 1 is 0.327 bits per heavy atom. The Kier molecular flexibility index (Phi) is 29.4. The van der Waals surface area contributed by atoms with Crippen molar-refractivity contribution in [2.24, 2.45) is 0 Å². The molecule has 0 atom stereocenters. The van der Waals surface area contributed by atoms with Crippen LogP contribution >= 0.6 is 15.8 Å². The van der Waals surface area contributed by atoms with E-state index >= 15 is 0 Å². The van der Waals surface area contributed by atoms with E-state index in [2.05, 4.69) is 146 Å². The standard InChI is InChI=1S/C29H30P2.C8H12.3ClHO4.Rh/c1-6-16-26(17-7-1)30(27-18-8-2-9-19-27)24-14-5-15-25-31(28-20-10-3-11-21-28)29-22-12-4-13-23-29;1-2-4-6-8-7-5-3-1;3*2-1(3,4)5;/h1-4,6-13,16-23H,5,14-15,24-25H2;1-2,7-8H,3-6H2;3*(H,2,3,4,5);/q;;;;;+3/p-3/b;2-1-,8-7-;;;;. The fourth-order valence-electron chi connectivity index (χ4n) is 4.82. The van der Waals surface area contributed by atoms with Crippen LogP contribution in [0.15, 0.2) is 146 Å². The predicted molar refractivity (Wildman–Crippen MR) is 178 cm³/mol. The van der Waals surface area contributed by atoms with Gasteiger partial charge in [-0.2, -0.15) is 0 Å². The molecule has 5 rings (SSSR count). The second-order valence-corrected chi connectivity index (χ2v) is 17.9. The first-order chi connectivity index (χ1) is 25.4. The molecule has 0 bridgehead atoms. The van der Waals surface area contributed by atoms with Crippen LogP contribution in [0, 0.1) is 30.7 Å². The van der Waals surface area contributed by atoms with Gasteiger partial charge in [-0.05, 0) is 87.9 Å². The summed E-state index contributed by atoms with van der Waals surface area (Å²) in [7, 11) is -15.4. The molecule has 0 N–H and O–H groups in total. The number of allylic oxidation sites excluding steroid dienone is 4. The molecule has 4 aromatic carbocycles. The molecule has 302 valence electrons. The van der Waals surface area contributed by atoms with E-state index in [0.717, 1.165) is 0 Å². The molecule has 0 spiro atoms. The predicted octanol–water partition coefficient (Wildman–Crippen LogP) is -5.18. The number of halogens is 3. The van der Waals surface area contributed by atoms with Gasteiger partial charge in [0, 0.05) is 0 Å². The van der Waals surface area contributed by atoms with Gasteiger partial charge in [-0.3, -0.25) is 0 Å². The largest absolute Gasteiger partial charge is 3.00 e. The van der Waals surface area contributed by atoms with Crippen molar-refractivity contribution in [2.45, 2.75) is 44.9 Å². The van der Waals surface area contributed by atoms with Crippen LogP contribution < -0.4 is 77.1 Å². The van der Waals surface area contributed by atoms with Crippen LogP contribution in [-0.4, -0.2) is 12.3 Å². The summed E-state index contributed by atoms with van der Waals surface area (Å²) in [6, 6.07) is 44.4. The molecule has 0 heterocycles. The van der Waals surface area contributed by atoms with Gasteiger partial charge in [0.1, 0.15) is 0 Å². The van der Waals surface area contributed by atoms with Crippen molar-refractivity contribution in [3.05, 3.63) is 146 Å². The summed E-state index contributed by atoms with van der Waals surface area (Å²) in [6.45, 7) is 0. The molecule has 0 aliphatic heterocycles. The van der Waals surface area contributed by atoms with Gasteiger partial charge in [-0.25, -0.2) is 55.9 Å². The maximum Gasteiger partial charge on any atom is 3.00 e. The molecule has 0 fully saturated rings. The fraction of sp³-hybridized carbons (Fsp3) is 0.243. The van der Waals surface area contributed by atoms with Crippen LogP contribution in [0.25, 0.3) is 0 Å². The van der Waals surface area contributed by atoms with Gasteiger partial charge in [-0.15, -0.1) is 30.7 Å². The summed E-state index contributed by atoms with van der Waals surface area (Å²) < 4.78 is 102. The van der Waals surface area contributed by atoms with Crippen molar-refractivity contribution in [2.75, 3.05) is 12.3 Å². The minimum absolute atomic E-state index is 0. The van der Waals surface area contributed by atoms with E-state index in [1.807, 2.05) is 0 Å². The molecule has 1 aliphatic rings. The van der Waals surface area contributed by atoms with Gasteiger partial charge < -0.3 is 0 Å². The second-order valence-electron chi connectivity index (χ2n) is 10.9. The third-order valence-corrected chi connectivity index (χ3v) is 12.1. The third-order valence-electron chi connectivity index (χ3n) is 6.87. The van der Waals surface area contributed by atoms with Gasteiger partial charge >= 0.3 is 19.5 Å². The van der Waals surface area contributed by atoms with Crippen molar-refractivity contribution in [3.8, 4) is 0 Å². The number of rotatable bonds is 10. The zero-order valence-electron chi connectivity index (χ0n) is 29.5. The molecule has 18 heteroatoms. The zero-order valence-corrected chi connectivity index (χ0v) is 35.2. The van der Waals surface area contributed by atoms with E-state index in [1.54, 1.807) is 0 Å². The Hall–Kier alpha value is -1.77. The van der Waals surface area contributed by atoms with E-state index in [0.29, 0.717) is 0 Å². The Bertz CT molecular complexity index is 1310. The van der Waals surface area contributed by atoms with Crippen molar-refractivity contribution in [3.63, 3.8) is 0 Å². The Morgan fingerprint density at radius 2 is 0.509 bits per heavy atom. The monoisotopic (exact) mass is 948 g/mol. The molecular weight excluding hydrogens is 908 g/mol. The van der Waals surface area contributed by atoms with Crippen LogP contribution in [0.3, 0.4) is 0 Å². The summed E-state index contributed by atoms with van der Waals surface area (Å²) in [5.74, 6) is 0. The SMILES string of the molecule is C1=C\CC/C=C\CC/1.[O-][Cl+3]([O-])([O-])[O-].[O-][Cl+3]([O-])([O-])[O-].[O-][Cl+3]([O-])([O-])[O-].[Rh+3].c1ccc(P(CCCCCP(c2ccccc2)c2ccccc2)c2ccccc2)cc1. The Balaban J connectivity index is 0.000000987. The molecule has 0 radical (unpaired) electrons. The Morgan fingerprint density at radius 3 is 0.691 bits per heavy atom. The van der Waals surface area contributed by atoms with E-state index in [9.17, 15) is 0 Å². The average Bonchev–Trinajstić information content (AvgIpc) is 3.07. The number of hydrogen-bond acceptors (Lipinski definition) is 12. The topological polar surface area (TPSA) is 277 Å². The Labute approximate surface area is 344 Å². The average molecular weight is 950 g/mol. The van der Waals surface area contributed by atoms with Crippen LogP contribution in [0.4, 0.5) is 0 Å². The molecule has 4 aromatic rings. The van der Waals surface area contributed by atoms with Gasteiger partial charge in [0.05, 0.1) is 0 Å². The summed E-state index contributed by atoms with van der Waals surface area (Å²) in [4.78, 5) is 0. The van der Waals surface area contributed by atoms with Gasteiger partial charge in [0.25, 0.3) is 0 Å². The molecule has 0 saturated heterocycles. The van der Waals surface area contributed by atoms with E-state index < -0.39 is 30.7 Å². The fourth-order valence-corrected chi connectivity index (χ4v) is 9.66. The van der Waals surface area contributed by atoms with Crippen molar-refractivity contribution < 1.29 is 106 Å². The summed E-state index contributed by atoms with van der Waals surface area (Å²) in [6.07, 6.45) is 20.4. The number of hydrogen-bond donors (Lipinski definition) is 0. The summed E-state index contributed by atoms with van der Waals surface area (Å²) in [5, 5.41) is 6.00. The first-order valence-corrected chi connectivity index (χ1v) is 23.1. The quantitative estimate of drug-likeness (QED) is 0.0625. The molecule has 0 amide bonds. The minimum Gasteiger partial charge on any atom is -0.222 e. The van der Waals surface area contributed by atoms with Crippen LogP contribution in [0.2, 0.25) is 0 Å². The van der Waals surface area contributed by atoms with Gasteiger partial charge in [0.2, 0.25) is 0 Å². The van der Waals surface area contributed by atoms with Crippen LogP contribution in [0.5, 0.6) is 0 Å². The maximum absolute atomic E-state index is 8.49. The van der Waals surface area contributed by atoms with E-state index in [-0.39, 0.29) is 35.3 Å². The molecule has 55 heavy (non-hydrogen) atoms. The van der Waals surface area contributed by atoms with Crippen molar-refractivity contribution in [1.29, 1.82) is 0 Å². The van der Waals surface area contributed by atoms with Crippen molar-refractivity contribution in [1.82, 2.24) is 0 Å². The second kappa shape index (κ2) is 30.3. The minimum atomic E-state index is -4.94. The van der Waals surface area contributed by atoms with E-state index in [1.165, 1.54) is 78.5 Å². The number of unbranched alkanes of at least 4 members (excludes halogenated alkanes) is 2. The van der Waals surface area contributed by atoms with E-state index in [4.69, 9.17) is 55.9 Å².